The van der Waals surface area contributed by atoms with Crippen molar-refractivity contribution in [3.8, 4) is 5.75 Å². The molecule has 2 aliphatic rings. The van der Waals surface area contributed by atoms with Crippen molar-refractivity contribution in [1.29, 1.82) is 0 Å². The first-order valence-electron chi connectivity index (χ1n) is 8.44. The smallest absolute Gasteiger partial charge is 0.162 e. The third kappa shape index (κ3) is 3.14. The number of halogens is 1. The lowest BCUT2D eigenvalue weighted by Crippen LogP contribution is -2.26. The minimum Gasteiger partial charge on any atom is -0.506 e. The minimum absolute atomic E-state index is 0.105. The van der Waals surface area contributed by atoms with E-state index >= 15 is 0 Å². The van der Waals surface area contributed by atoms with Crippen molar-refractivity contribution in [3.63, 3.8) is 0 Å². The van der Waals surface area contributed by atoms with Gasteiger partial charge in [-0.2, -0.15) is 0 Å². The fraction of sp³-hybridized carbons (Fsp3) is 0.529. The molecular weight excluding hydrogens is 328 g/mol. The van der Waals surface area contributed by atoms with E-state index in [2.05, 4.69) is 19.7 Å². The van der Waals surface area contributed by atoms with Crippen LogP contribution in [0, 0.1) is 0 Å². The Kier molecular flexibility index (Phi) is 4.43. The molecule has 128 valence electrons. The quantitative estimate of drug-likeness (QED) is 0.923. The Morgan fingerprint density at radius 3 is 2.96 bits per heavy atom. The van der Waals surface area contributed by atoms with Gasteiger partial charge in [0.15, 0.2) is 5.82 Å². The number of ether oxygens (including phenoxy) is 1. The van der Waals surface area contributed by atoms with Crippen molar-refractivity contribution < 1.29 is 9.84 Å². The van der Waals surface area contributed by atoms with Crippen LogP contribution in [0.1, 0.15) is 36.2 Å². The number of nitrogens with zero attached hydrogens (tertiary/aromatic N) is 4. The van der Waals surface area contributed by atoms with Gasteiger partial charge in [0.1, 0.15) is 17.7 Å². The predicted octanol–water partition coefficient (Wildman–Crippen LogP) is 2.55. The molecule has 0 saturated carbocycles. The van der Waals surface area contributed by atoms with Crippen LogP contribution in [0.5, 0.6) is 5.75 Å². The number of fused-ring (bicyclic) bond motifs is 1. The average Bonchev–Trinajstić information content (AvgIpc) is 3.19. The SMILES string of the molecule is Oc1ccc(CN2CCc3nnc(C4CCCO4)n3CC2)cc1Cl. The van der Waals surface area contributed by atoms with E-state index in [-0.39, 0.29) is 11.9 Å². The molecule has 0 spiro atoms. The highest BCUT2D eigenvalue weighted by atomic mass is 35.5. The predicted molar refractivity (Wildman–Crippen MR) is 90.0 cm³/mol. The molecule has 0 aliphatic carbocycles. The number of aromatic hydroxyl groups is 1. The summed E-state index contributed by atoms with van der Waals surface area (Å²) in [5.41, 5.74) is 1.11. The van der Waals surface area contributed by atoms with Crippen molar-refractivity contribution >= 4 is 11.6 Å². The van der Waals surface area contributed by atoms with Gasteiger partial charge >= 0.3 is 0 Å². The first-order chi connectivity index (χ1) is 11.7. The Morgan fingerprint density at radius 2 is 2.17 bits per heavy atom. The summed E-state index contributed by atoms with van der Waals surface area (Å²) in [6.07, 6.45) is 3.12. The first-order valence-corrected chi connectivity index (χ1v) is 8.82. The average molecular weight is 349 g/mol. The maximum absolute atomic E-state index is 9.54. The third-order valence-electron chi connectivity index (χ3n) is 4.78. The molecule has 2 aromatic rings. The zero-order valence-corrected chi connectivity index (χ0v) is 14.2. The van der Waals surface area contributed by atoms with Crippen LogP contribution in [0.2, 0.25) is 5.02 Å². The summed E-state index contributed by atoms with van der Waals surface area (Å²) in [6.45, 7) is 4.38. The molecule has 6 nitrogen and oxygen atoms in total. The van der Waals surface area contributed by atoms with Gasteiger partial charge in [-0.15, -0.1) is 10.2 Å². The molecule has 1 unspecified atom stereocenters. The second kappa shape index (κ2) is 6.70. The first kappa shape index (κ1) is 15.9. The van der Waals surface area contributed by atoms with Gasteiger partial charge in [-0.05, 0) is 30.5 Å². The van der Waals surface area contributed by atoms with Crippen LogP contribution in [0.25, 0.3) is 0 Å². The zero-order valence-electron chi connectivity index (χ0n) is 13.5. The van der Waals surface area contributed by atoms with E-state index in [1.165, 1.54) is 0 Å². The lowest BCUT2D eigenvalue weighted by atomic mass is 10.2. The molecule has 1 atom stereocenters. The Labute approximate surface area is 146 Å². The lowest BCUT2D eigenvalue weighted by molar-refractivity contribution is 0.101. The maximum Gasteiger partial charge on any atom is 0.162 e. The van der Waals surface area contributed by atoms with Crippen molar-refractivity contribution in [3.05, 3.63) is 40.4 Å². The van der Waals surface area contributed by atoms with Crippen LogP contribution in [0.15, 0.2) is 18.2 Å². The summed E-state index contributed by atoms with van der Waals surface area (Å²) < 4.78 is 8.01. The summed E-state index contributed by atoms with van der Waals surface area (Å²) in [5.74, 6) is 2.16. The summed E-state index contributed by atoms with van der Waals surface area (Å²) in [5, 5.41) is 18.7. The van der Waals surface area contributed by atoms with Gasteiger partial charge in [0.25, 0.3) is 0 Å². The fourth-order valence-electron chi connectivity index (χ4n) is 3.47. The van der Waals surface area contributed by atoms with Crippen LogP contribution < -0.4 is 0 Å². The number of benzene rings is 1. The summed E-state index contributed by atoms with van der Waals surface area (Å²) in [7, 11) is 0. The van der Waals surface area contributed by atoms with Gasteiger partial charge in [0.05, 0.1) is 5.02 Å². The van der Waals surface area contributed by atoms with Gasteiger partial charge in [-0.3, -0.25) is 4.90 Å². The fourth-order valence-corrected chi connectivity index (χ4v) is 3.68. The number of hydrogen-bond acceptors (Lipinski definition) is 5. The van der Waals surface area contributed by atoms with E-state index in [4.69, 9.17) is 16.3 Å². The zero-order chi connectivity index (χ0) is 16.5. The van der Waals surface area contributed by atoms with Crippen LogP contribution >= 0.6 is 11.6 Å². The van der Waals surface area contributed by atoms with E-state index in [9.17, 15) is 5.11 Å². The molecule has 2 aliphatic heterocycles. The van der Waals surface area contributed by atoms with Gasteiger partial charge in [-0.1, -0.05) is 17.7 Å². The summed E-state index contributed by atoms with van der Waals surface area (Å²) >= 11 is 6.01. The molecule has 1 aromatic carbocycles. The topological polar surface area (TPSA) is 63.4 Å². The largest absolute Gasteiger partial charge is 0.506 e. The molecule has 3 heterocycles. The number of phenols is 1. The van der Waals surface area contributed by atoms with Crippen LogP contribution in [0.4, 0.5) is 0 Å². The van der Waals surface area contributed by atoms with E-state index in [1.54, 1.807) is 6.07 Å². The highest BCUT2D eigenvalue weighted by Crippen LogP contribution is 2.28. The molecular formula is C17H21ClN4O2. The molecule has 1 aromatic heterocycles. The highest BCUT2D eigenvalue weighted by molar-refractivity contribution is 6.32. The number of aromatic nitrogens is 3. The monoisotopic (exact) mass is 348 g/mol. The van der Waals surface area contributed by atoms with E-state index in [0.29, 0.717) is 5.02 Å². The Bertz CT molecular complexity index is 727. The molecule has 1 saturated heterocycles. The second-order valence-corrected chi connectivity index (χ2v) is 6.85. The molecule has 0 amide bonds. The van der Waals surface area contributed by atoms with Crippen LogP contribution in [-0.4, -0.2) is 44.5 Å². The number of phenolic OH excluding ortho intramolecular Hbond substituents is 1. The molecule has 0 bridgehead atoms. The molecule has 4 rings (SSSR count). The number of rotatable bonds is 3. The third-order valence-corrected chi connectivity index (χ3v) is 5.09. The van der Waals surface area contributed by atoms with Gasteiger partial charge < -0.3 is 14.4 Å². The van der Waals surface area contributed by atoms with E-state index < -0.39 is 0 Å². The Hall–Kier alpha value is -1.63. The van der Waals surface area contributed by atoms with E-state index in [0.717, 1.165) is 69.3 Å². The summed E-state index contributed by atoms with van der Waals surface area (Å²) in [6, 6.07) is 5.41. The van der Waals surface area contributed by atoms with Crippen molar-refractivity contribution in [1.82, 2.24) is 19.7 Å². The van der Waals surface area contributed by atoms with E-state index in [1.807, 2.05) is 12.1 Å². The standard InChI is InChI=1S/C17H21ClN4O2/c18-13-10-12(3-4-14(13)23)11-21-6-5-16-19-20-17(22(16)8-7-21)15-2-1-9-24-15/h3-4,10,15,23H,1-2,5-9,11H2. The molecule has 1 N–H and O–H groups in total. The molecule has 7 heteroatoms. The maximum atomic E-state index is 9.54. The summed E-state index contributed by atoms with van der Waals surface area (Å²) in [4.78, 5) is 2.39. The van der Waals surface area contributed by atoms with Gasteiger partial charge in [0, 0.05) is 39.2 Å². The lowest BCUT2D eigenvalue weighted by Gasteiger charge is -2.20. The van der Waals surface area contributed by atoms with Crippen LogP contribution in [0.3, 0.4) is 0 Å². The van der Waals surface area contributed by atoms with Gasteiger partial charge in [-0.25, -0.2) is 0 Å². The minimum atomic E-state index is 0.105. The van der Waals surface area contributed by atoms with Crippen molar-refractivity contribution in [2.24, 2.45) is 0 Å². The molecule has 0 radical (unpaired) electrons. The normalized spacial score (nSPS) is 21.6. The Morgan fingerprint density at radius 1 is 1.25 bits per heavy atom. The van der Waals surface area contributed by atoms with Gasteiger partial charge in [0.2, 0.25) is 0 Å². The van der Waals surface area contributed by atoms with Crippen LogP contribution in [-0.2, 0) is 24.2 Å². The van der Waals surface area contributed by atoms with Crippen molar-refractivity contribution in [2.45, 2.75) is 38.5 Å². The molecule has 24 heavy (non-hydrogen) atoms. The Balaban J connectivity index is 1.45. The highest BCUT2D eigenvalue weighted by Gasteiger charge is 2.26. The van der Waals surface area contributed by atoms with Crippen molar-refractivity contribution in [2.75, 3.05) is 19.7 Å². The number of hydrogen-bond donors (Lipinski definition) is 1. The second-order valence-electron chi connectivity index (χ2n) is 6.44. The molecule has 1 fully saturated rings.